The topological polar surface area (TPSA) is 32.3 Å². The van der Waals surface area contributed by atoms with E-state index in [1.54, 1.807) is 0 Å². The minimum atomic E-state index is 0.318. The van der Waals surface area contributed by atoms with Crippen molar-refractivity contribution in [3.05, 3.63) is 0 Å². The summed E-state index contributed by atoms with van der Waals surface area (Å²) in [5.41, 5.74) is 0. The fraction of sp³-hybridized carbons (Fsp3) is 0.929. The Hall–Kier alpha value is -0.570. The van der Waals surface area contributed by atoms with Crippen molar-refractivity contribution in [1.29, 1.82) is 0 Å². The van der Waals surface area contributed by atoms with Crippen LogP contribution in [0.2, 0.25) is 0 Å². The smallest absolute Gasteiger partial charge is 0.223 e. The molecule has 0 aromatic rings. The maximum atomic E-state index is 12.1. The third-order valence-corrected chi connectivity index (χ3v) is 4.61. The third kappa shape index (κ3) is 2.82. The second kappa shape index (κ2) is 4.97. The highest BCUT2D eigenvalue weighted by molar-refractivity contribution is 5.79. The molecule has 1 atom stereocenters. The highest BCUT2D eigenvalue weighted by Gasteiger charge is 2.35. The van der Waals surface area contributed by atoms with Gasteiger partial charge in [-0.15, -0.1) is 0 Å². The molecule has 3 fully saturated rings. The van der Waals surface area contributed by atoms with E-state index in [2.05, 4.69) is 10.2 Å². The van der Waals surface area contributed by atoms with E-state index in [4.69, 9.17) is 0 Å². The predicted molar refractivity (Wildman–Crippen MR) is 67.7 cm³/mol. The number of carbonyl (C=O) groups is 1. The van der Waals surface area contributed by atoms with Crippen molar-refractivity contribution in [1.82, 2.24) is 10.2 Å². The second-order valence-corrected chi connectivity index (χ2v) is 6.06. The maximum Gasteiger partial charge on any atom is 0.223 e. The van der Waals surface area contributed by atoms with E-state index in [1.807, 2.05) is 0 Å². The van der Waals surface area contributed by atoms with Crippen molar-refractivity contribution < 1.29 is 4.79 Å². The lowest BCUT2D eigenvalue weighted by Gasteiger charge is -2.23. The van der Waals surface area contributed by atoms with Crippen LogP contribution in [0, 0.1) is 5.92 Å². The predicted octanol–water partition coefficient (Wildman–Crippen LogP) is 1.92. The Kier molecular flexibility index (Phi) is 3.37. The van der Waals surface area contributed by atoms with Crippen LogP contribution >= 0.6 is 0 Å². The molecule has 1 amide bonds. The van der Waals surface area contributed by atoms with Crippen LogP contribution in [0.3, 0.4) is 0 Å². The lowest BCUT2D eigenvalue weighted by molar-refractivity contribution is -0.126. The van der Waals surface area contributed by atoms with E-state index in [-0.39, 0.29) is 0 Å². The van der Waals surface area contributed by atoms with E-state index in [1.165, 1.54) is 38.6 Å². The Morgan fingerprint density at radius 2 is 1.76 bits per heavy atom. The molecule has 1 aliphatic heterocycles. The van der Waals surface area contributed by atoms with Gasteiger partial charge in [-0.1, -0.05) is 19.3 Å². The fourth-order valence-corrected chi connectivity index (χ4v) is 3.36. The minimum absolute atomic E-state index is 0.318. The quantitative estimate of drug-likeness (QED) is 0.812. The molecule has 3 nitrogen and oxygen atoms in total. The van der Waals surface area contributed by atoms with E-state index < -0.39 is 0 Å². The standard InChI is InChI=1S/C14H24N2O/c17-14(11-4-2-1-3-5-11)15-12-8-9-16(10-12)13-6-7-13/h11-13H,1-10H2,(H,15,17). The molecule has 2 saturated carbocycles. The monoisotopic (exact) mass is 236 g/mol. The first-order chi connectivity index (χ1) is 8.33. The summed E-state index contributed by atoms with van der Waals surface area (Å²) in [5.74, 6) is 0.658. The zero-order valence-electron chi connectivity index (χ0n) is 10.7. The van der Waals surface area contributed by atoms with Gasteiger partial charge in [0.1, 0.15) is 0 Å². The number of rotatable bonds is 3. The number of carbonyl (C=O) groups excluding carboxylic acids is 1. The second-order valence-electron chi connectivity index (χ2n) is 6.06. The highest BCUT2D eigenvalue weighted by atomic mass is 16.1. The molecule has 1 N–H and O–H groups in total. The lowest BCUT2D eigenvalue weighted by atomic mass is 9.88. The fourth-order valence-electron chi connectivity index (χ4n) is 3.36. The van der Waals surface area contributed by atoms with E-state index in [0.29, 0.717) is 17.9 Å². The van der Waals surface area contributed by atoms with Crippen LogP contribution in [0.25, 0.3) is 0 Å². The van der Waals surface area contributed by atoms with Crippen LogP contribution in [0.4, 0.5) is 0 Å². The van der Waals surface area contributed by atoms with Gasteiger partial charge in [0.2, 0.25) is 5.91 Å². The van der Waals surface area contributed by atoms with E-state index in [9.17, 15) is 4.79 Å². The van der Waals surface area contributed by atoms with Crippen LogP contribution in [0.15, 0.2) is 0 Å². The maximum absolute atomic E-state index is 12.1. The van der Waals surface area contributed by atoms with Crippen molar-refractivity contribution in [2.24, 2.45) is 5.92 Å². The number of hydrogen-bond acceptors (Lipinski definition) is 2. The van der Waals surface area contributed by atoms with Gasteiger partial charge in [-0.05, 0) is 32.1 Å². The number of nitrogens with zero attached hydrogens (tertiary/aromatic N) is 1. The van der Waals surface area contributed by atoms with E-state index in [0.717, 1.165) is 31.8 Å². The molecule has 0 bridgehead atoms. The van der Waals surface area contributed by atoms with Gasteiger partial charge in [-0.2, -0.15) is 0 Å². The molecule has 2 aliphatic carbocycles. The third-order valence-electron chi connectivity index (χ3n) is 4.61. The van der Waals surface area contributed by atoms with Gasteiger partial charge >= 0.3 is 0 Å². The molecule has 0 aromatic carbocycles. The van der Waals surface area contributed by atoms with Gasteiger partial charge < -0.3 is 5.32 Å². The molecule has 1 unspecified atom stereocenters. The number of nitrogens with one attached hydrogen (secondary N) is 1. The van der Waals surface area contributed by atoms with Gasteiger partial charge in [0, 0.05) is 31.1 Å². The van der Waals surface area contributed by atoms with Crippen molar-refractivity contribution in [3.63, 3.8) is 0 Å². The summed E-state index contributed by atoms with van der Waals surface area (Å²) in [6.07, 6.45) is 9.97. The van der Waals surface area contributed by atoms with E-state index >= 15 is 0 Å². The summed E-state index contributed by atoms with van der Waals surface area (Å²) in [6, 6.07) is 1.29. The average Bonchev–Trinajstić information content (AvgIpc) is 3.12. The SMILES string of the molecule is O=C(NC1CCN(C2CC2)C1)C1CCCCC1. The van der Waals surface area contributed by atoms with Gasteiger partial charge in [-0.3, -0.25) is 9.69 Å². The normalized spacial score (nSPS) is 31.6. The van der Waals surface area contributed by atoms with Crippen molar-refractivity contribution in [3.8, 4) is 0 Å². The van der Waals surface area contributed by atoms with Crippen molar-refractivity contribution in [2.75, 3.05) is 13.1 Å². The van der Waals surface area contributed by atoms with Crippen LogP contribution in [0.1, 0.15) is 51.4 Å². The first-order valence-electron chi connectivity index (χ1n) is 7.37. The molecule has 1 heterocycles. The van der Waals surface area contributed by atoms with Crippen molar-refractivity contribution >= 4 is 5.91 Å². The first kappa shape index (κ1) is 11.5. The largest absolute Gasteiger partial charge is 0.352 e. The molecular formula is C14H24N2O. The zero-order valence-corrected chi connectivity index (χ0v) is 10.7. The summed E-state index contributed by atoms with van der Waals surface area (Å²) >= 11 is 0. The first-order valence-corrected chi connectivity index (χ1v) is 7.37. The minimum Gasteiger partial charge on any atom is -0.352 e. The Morgan fingerprint density at radius 3 is 2.47 bits per heavy atom. The molecule has 96 valence electrons. The molecule has 0 aromatic heterocycles. The van der Waals surface area contributed by atoms with Crippen LogP contribution in [-0.2, 0) is 4.79 Å². The number of hydrogen-bond donors (Lipinski definition) is 1. The van der Waals surface area contributed by atoms with Crippen molar-refractivity contribution in [2.45, 2.75) is 63.5 Å². The van der Waals surface area contributed by atoms with Gasteiger partial charge in [0.25, 0.3) is 0 Å². The number of likely N-dealkylation sites (tertiary alicyclic amines) is 1. The summed E-state index contributed by atoms with van der Waals surface area (Å²) < 4.78 is 0. The van der Waals surface area contributed by atoms with Gasteiger partial charge in [-0.25, -0.2) is 0 Å². The summed E-state index contributed by atoms with van der Waals surface area (Å²) in [7, 11) is 0. The Balaban J connectivity index is 1.44. The number of amides is 1. The Labute approximate surface area is 104 Å². The van der Waals surface area contributed by atoms with Gasteiger partial charge in [0.15, 0.2) is 0 Å². The Morgan fingerprint density at radius 1 is 1.00 bits per heavy atom. The molecular weight excluding hydrogens is 212 g/mol. The molecule has 3 heteroatoms. The van der Waals surface area contributed by atoms with Crippen LogP contribution in [0.5, 0.6) is 0 Å². The molecule has 0 radical (unpaired) electrons. The summed E-state index contributed by atoms with van der Waals surface area (Å²) in [6.45, 7) is 2.30. The van der Waals surface area contributed by atoms with Crippen LogP contribution < -0.4 is 5.32 Å². The van der Waals surface area contributed by atoms with Gasteiger partial charge in [0.05, 0.1) is 0 Å². The molecule has 0 spiro atoms. The molecule has 3 aliphatic rings. The molecule has 3 rings (SSSR count). The average molecular weight is 236 g/mol. The zero-order chi connectivity index (χ0) is 11.7. The Bertz CT molecular complexity index is 282. The van der Waals surface area contributed by atoms with Crippen LogP contribution in [-0.4, -0.2) is 36.0 Å². The summed E-state index contributed by atoms with van der Waals surface area (Å²) in [4.78, 5) is 14.7. The molecule has 1 saturated heterocycles. The highest BCUT2D eigenvalue weighted by Crippen LogP contribution is 2.30. The molecule has 17 heavy (non-hydrogen) atoms. The summed E-state index contributed by atoms with van der Waals surface area (Å²) in [5, 5.41) is 3.28. The lowest BCUT2D eigenvalue weighted by Crippen LogP contribution is -2.41.